The zero-order chi connectivity index (χ0) is 27.0. The zero-order valence-corrected chi connectivity index (χ0v) is 16.5. The molecule has 0 unspecified atom stereocenters. The molecule has 2 aromatic carbocycles. The molecule has 0 saturated carbocycles. The third kappa shape index (κ3) is 5.30. The molecule has 4 nitrogen and oxygen atoms in total. The van der Waals surface area contributed by atoms with Gasteiger partial charge in [0.15, 0.2) is 0 Å². The lowest BCUT2D eigenvalue weighted by Gasteiger charge is -2.31. The fourth-order valence-corrected chi connectivity index (χ4v) is 2.56. The molecule has 0 atom stereocenters. The van der Waals surface area contributed by atoms with Crippen LogP contribution in [0, 0.1) is 0 Å². The molecule has 2 aromatic rings. The Morgan fingerprint density at radius 1 is 0.514 bits per heavy atom. The summed E-state index contributed by atoms with van der Waals surface area (Å²) in [6.07, 6.45) is -10.6. The SMILES string of the molecule is O=C(Nc1ccccc1C(F)(F)F)C(F)(F)C(F)(F)C(F)(F)C(=O)Nc1ccccc1C(F)(F)F. The molecule has 2 N–H and O–H groups in total. The summed E-state index contributed by atoms with van der Waals surface area (Å²) in [5, 5.41) is 1.50. The first-order valence-corrected chi connectivity index (χ1v) is 8.83. The fraction of sp³-hybridized carbons (Fsp3) is 0.263. The summed E-state index contributed by atoms with van der Waals surface area (Å²) in [5.74, 6) is -26.6. The second-order valence-electron chi connectivity index (χ2n) is 6.72. The van der Waals surface area contributed by atoms with Gasteiger partial charge in [0, 0.05) is 0 Å². The van der Waals surface area contributed by atoms with E-state index in [9.17, 15) is 62.3 Å². The van der Waals surface area contributed by atoms with E-state index < -0.39 is 64.4 Å². The van der Waals surface area contributed by atoms with Crippen LogP contribution >= 0.6 is 0 Å². The second-order valence-corrected chi connectivity index (χ2v) is 6.72. The fourth-order valence-electron chi connectivity index (χ4n) is 2.56. The minimum Gasteiger partial charge on any atom is -0.320 e. The van der Waals surface area contributed by atoms with Gasteiger partial charge >= 0.3 is 41.9 Å². The number of nitrogens with one attached hydrogen (secondary N) is 2. The number of carbonyl (C=O) groups is 2. The number of hydrogen-bond acceptors (Lipinski definition) is 2. The summed E-state index contributed by atoms with van der Waals surface area (Å²) in [4.78, 5) is 23.3. The molecule has 35 heavy (non-hydrogen) atoms. The van der Waals surface area contributed by atoms with Crippen LogP contribution in [0.15, 0.2) is 48.5 Å². The van der Waals surface area contributed by atoms with E-state index in [1.165, 1.54) is 0 Å². The topological polar surface area (TPSA) is 58.2 Å². The van der Waals surface area contributed by atoms with Crippen molar-refractivity contribution in [3.05, 3.63) is 59.7 Å². The van der Waals surface area contributed by atoms with Crippen molar-refractivity contribution in [2.75, 3.05) is 10.6 Å². The van der Waals surface area contributed by atoms with Crippen molar-refractivity contribution >= 4 is 23.2 Å². The Kier molecular flexibility index (Phi) is 7.11. The number of anilines is 2. The van der Waals surface area contributed by atoms with E-state index in [4.69, 9.17) is 0 Å². The molecule has 2 amide bonds. The maximum atomic E-state index is 14.1. The van der Waals surface area contributed by atoms with Crippen molar-refractivity contribution in [1.29, 1.82) is 0 Å². The highest BCUT2D eigenvalue weighted by atomic mass is 19.4. The molecule has 0 fully saturated rings. The number of benzene rings is 2. The number of amides is 2. The average Bonchev–Trinajstić information content (AvgIpc) is 2.72. The predicted octanol–water partition coefficient (Wildman–Crippen LogP) is 6.21. The van der Waals surface area contributed by atoms with Gasteiger partial charge in [0.1, 0.15) is 0 Å². The maximum absolute atomic E-state index is 14.1. The van der Waals surface area contributed by atoms with Crippen LogP contribution in [-0.2, 0) is 21.9 Å². The zero-order valence-electron chi connectivity index (χ0n) is 16.5. The van der Waals surface area contributed by atoms with Gasteiger partial charge in [-0.25, -0.2) is 0 Å². The normalized spacial score (nSPS) is 13.4. The Morgan fingerprint density at radius 2 is 0.800 bits per heavy atom. The number of para-hydroxylation sites is 2. The first kappa shape index (κ1) is 27.8. The molecule has 0 spiro atoms. The van der Waals surface area contributed by atoms with E-state index in [-0.39, 0.29) is 12.1 Å². The van der Waals surface area contributed by atoms with E-state index in [1.54, 1.807) is 0 Å². The minimum atomic E-state index is -6.91. The molecule has 0 saturated heterocycles. The molecule has 0 aliphatic rings. The monoisotopic (exact) mass is 526 g/mol. The van der Waals surface area contributed by atoms with Crippen LogP contribution in [0.4, 0.5) is 64.1 Å². The Bertz CT molecular complexity index is 1020. The second kappa shape index (κ2) is 8.96. The van der Waals surface area contributed by atoms with Crippen LogP contribution < -0.4 is 10.6 Å². The average molecular weight is 526 g/mol. The number of alkyl halides is 12. The summed E-state index contributed by atoms with van der Waals surface area (Å²) in [6.45, 7) is 0. The molecule has 16 heteroatoms. The van der Waals surface area contributed by atoms with Crippen LogP contribution in [0.25, 0.3) is 0 Å². The van der Waals surface area contributed by atoms with Crippen LogP contribution in [0.1, 0.15) is 11.1 Å². The highest BCUT2D eigenvalue weighted by molar-refractivity contribution is 6.01. The molecule has 0 radical (unpaired) electrons. The summed E-state index contributed by atoms with van der Waals surface area (Å²) < 4.78 is 162. The quantitative estimate of drug-likeness (QED) is 0.440. The summed E-state index contributed by atoms with van der Waals surface area (Å²) >= 11 is 0. The third-order valence-corrected chi connectivity index (χ3v) is 4.32. The highest BCUT2D eigenvalue weighted by Gasteiger charge is 2.78. The van der Waals surface area contributed by atoms with Gasteiger partial charge in [-0.1, -0.05) is 24.3 Å². The largest absolute Gasteiger partial charge is 0.418 e. The van der Waals surface area contributed by atoms with Gasteiger partial charge in [0.2, 0.25) is 0 Å². The van der Waals surface area contributed by atoms with Gasteiger partial charge in [0.25, 0.3) is 0 Å². The van der Waals surface area contributed by atoms with Crippen molar-refractivity contribution in [2.24, 2.45) is 0 Å². The van der Waals surface area contributed by atoms with Crippen LogP contribution in [0.3, 0.4) is 0 Å². The van der Waals surface area contributed by atoms with Crippen LogP contribution in [-0.4, -0.2) is 29.6 Å². The Hall–Kier alpha value is -3.46. The highest BCUT2D eigenvalue weighted by Crippen LogP contribution is 2.47. The molecule has 0 aliphatic heterocycles. The van der Waals surface area contributed by atoms with Gasteiger partial charge in [-0.2, -0.15) is 52.7 Å². The van der Waals surface area contributed by atoms with E-state index in [0.717, 1.165) is 34.9 Å². The number of carbonyl (C=O) groups excluding carboxylic acids is 2. The number of hydrogen-bond donors (Lipinski definition) is 2. The molecule has 0 aromatic heterocycles. The number of halogens is 12. The predicted molar refractivity (Wildman–Crippen MR) is 95.0 cm³/mol. The van der Waals surface area contributed by atoms with E-state index in [2.05, 4.69) is 0 Å². The molecule has 192 valence electrons. The van der Waals surface area contributed by atoms with Crippen LogP contribution in [0.2, 0.25) is 0 Å². The first-order valence-electron chi connectivity index (χ1n) is 8.83. The lowest BCUT2D eigenvalue weighted by Crippen LogP contribution is -2.63. The van der Waals surface area contributed by atoms with Crippen molar-refractivity contribution < 1.29 is 62.3 Å². The Balaban J connectivity index is 2.37. The van der Waals surface area contributed by atoms with Gasteiger partial charge < -0.3 is 10.6 Å². The van der Waals surface area contributed by atoms with Crippen molar-refractivity contribution in [2.45, 2.75) is 30.1 Å². The van der Waals surface area contributed by atoms with E-state index >= 15 is 0 Å². The smallest absolute Gasteiger partial charge is 0.320 e. The summed E-state index contributed by atoms with van der Waals surface area (Å²) in [7, 11) is 0. The van der Waals surface area contributed by atoms with Gasteiger partial charge in [0.05, 0.1) is 22.5 Å². The van der Waals surface area contributed by atoms with Gasteiger partial charge in [-0.3, -0.25) is 9.59 Å². The first-order chi connectivity index (χ1) is 15.7. The van der Waals surface area contributed by atoms with Crippen molar-refractivity contribution in [1.82, 2.24) is 0 Å². The molecule has 2 rings (SSSR count). The minimum absolute atomic E-state index is 0.256. The lowest BCUT2D eigenvalue weighted by atomic mass is 10.0. The van der Waals surface area contributed by atoms with E-state index in [1.807, 2.05) is 0 Å². The Morgan fingerprint density at radius 3 is 1.09 bits per heavy atom. The molecule has 0 aliphatic carbocycles. The maximum Gasteiger partial charge on any atom is 0.418 e. The summed E-state index contributed by atoms with van der Waals surface area (Å²) in [5.41, 5.74) is -6.57. The van der Waals surface area contributed by atoms with E-state index in [0.29, 0.717) is 12.1 Å². The van der Waals surface area contributed by atoms with Crippen molar-refractivity contribution in [3.8, 4) is 0 Å². The third-order valence-electron chi connectivity index (χ3n) is 4.32. The van der Waals surface area contributed by atoms with Crippen LogP contribution in [0.5, 0.6) is 0 Å². The molecular weight excluding hydrogens is 516 g/mol. The molecular formula is C19H10F12N2O2. The lowest BCUT2D eigenvalue weighted by molar-refractivity contribution is -0.283. The summed E-state index contributed by atoms with van der Waals surface area (Å²) in [6, 6.07) is 4.23. The van der Waals surface area contributed by atoms with Crippen molar-refractivity contribution in [3.63, 3.8) is 0 Å². The molecule has 0 bridgehead atoms. The standard InChI is InChI=1S/C19H10F12N2O2/c20-15(21,13(34)32-11-7-3-1-5-9(11)17(24,25)26)19(30,31)16(22,23)14(35)33-12-8-4-2-6-10(12)18(27,28)29/h1-8H,(H,32,34)(H,33,35). The Labute approximate surface area is 186 Å². The molecule has 0 heterocycles. The number of rotatable bonds is 6. The van der Waals surface area contributed by atoms with Gasteiger partial charge in [-0.05, 0) is 24.3 Å². The van der Waals surface area contributed by atoms with Gasteiger partial charge in [-0.15, -0.1) is 0 Å².